The van der Waals surface area contributed by atoms with E-state index in [1.807, 2.05) is 11.4 Å². The van der Waals surface area contributed by atoms with Crippen molar-refractivity contribution in [1.82, 2.24) is 9.97 Å². The molecule has 23 heavy (non-hydrogen) atoms. The van der Waals surface area contributed by atoms with Crippen molar-refractivity contribution in [2.24, 2.45) is 0 Å². The molecule has 112 valence electrons. The van der Waals surface area contributed by atoms with Crippen LogP contribution in [0.5, 0.6) is 0 Å². The van der Waals surface area contributed by atoms with Gasteiger partial charge in [0.2, 0.25) is 0 Å². The van der Waals surface area contributed by atoms with Crippen molar-refractivity contribution < 1.29 is 0 Å². The molecule has 0 aliphatic heterocycles. The van der Waals surface area contributed by atoms with Crippen molar-refractivity contribution >= 4 is 33.7 Å². The second kappa shape index (κ2) is 6.18. The zero-order chi connectivity index (χ0) is 15.5. The summed E-state index contributed by atoms with van der Waals surface area (Å²) in [4.78, 5) is 8.61. The lowest BCUT2D eigenvalue weighted by atomic mass is 10.0. The molecule has 3 nitrogen and oxygen atoms in total. The first kappa shape index (κ1) is 13.9. The maximum absolute atomic E-state index is 4.35. The van der Waals surface area contributed by atoms with Crippen LogP contribution in [0.4, 0.5) is 11.5 Å². The highest BCUT2D eigenvalue weighted by atomic mass is 32.1. The molecule has 1 N–H and O–H groups in total. The fraction of sp³-hybridized carbons (Fsp3) is 0.0526. The van der Waals surface area contributed by atoms with Crippen molar-refractivity contribution in [2.75, 3.05) is 5.32 Å². The third-order valence-electron chi connectivity index (χ3n) is 3.75. The molecule has 4 rings (SSSR count). The van der Waals surface area contributed by atoms with Gasteiger partial charge in [0.25, 0.3) is 0 Å². The number of rotatable bonds is 4. The fourth-order valence-corrected chi connectivity index (χ4v) is 3.31. The summed E-state index contributed by atoms with van der Waals surface area (Å²) in [6.07, 6.45) is 2.55. The molecule has 0 saturated heterocycles. The summed E-state index contributed by atoms with van der Waals surface area (Å²) in [7, 11) is 0. The van der Waals surface area contributed by atoms with E-state index in [4.69, 9.17) is 0 Å². The van der Waals surface area contributed by atoms with Crippen LogP contribution < -0.4 is 5.32 Å². The van der Waals surface area contributed by atoms with E-state index in [-0.39, 0.29) is 0 Å². The summed E-state index contributed by atoms with van der Waals surface area (Å²) >= 11 is 1.64. The molecule has 4 aromatic rings. The van der Waals surface area contributed by atoms with Gasteiger partial charge in [0.1, 0.15) is 12.1 Å². The maximum atomic E-state index is 4.35. The zero-order valence-corrected chi connectivity index (χ0v) is 13.3. The number of benzene rings is 2. The van der Waals surface area contributed by atoms with Crippen LogP contribution in [0.1, 0.15) is 11.1 Å². The van der Waals surface area contributed by atoms with Crippen molar-refractivity contribution in [2.45, 2.75) is 6.42 Å². The molecule has 0 aliphatic rings. The predicted octanol–water partition coefficient (Wildman–Crippen LogP) is 5.03. The van der Waals surface area contributed by atoms with Gasteiger partial charge in [-0.05, 0) is 29.7 Å². The van der Waals surface area contributed by atoms with E-state index in [9.17, 15) is 0 Å². The molecular formula is C19H15N3S. The van der Waals surface area contributed by atoms with Crippen LogP contribution in [0.15, 0.2) is 71.7 Å². The molecule has 4 heteroatoms. The molecule has 0 fully saturated rings. The second-order valence-corrected chi connectivity index (χ2v) is 6.12. The minimum atomic E-state index is 0.854. The van der Waals surface area contributed by atoms with E-state index in [2.05, 4.69) is 69.2 Å². The van der Waals surface area contributed by atoms with Crippen LogP contribution in [-0.4, -0.2) is 9.97 Å². The van der Waals surface area contributed by atoms with E-state index in [0.717, 1.165) is 28.8 Å². The molecule has 0 atom stereocenters. The van der Waals surface area contributed by atoms with E-state index in [1.165, 1.54) is 11.1 Å². The standard InChI is InChI=1S/C19H15N3S/c1-2-4-14(5-3-1)10-15-6-8-16(9-7-15)22-19-17-11-23-12-18(17)20-13-21-19/h1-9,11-13H,10H2,(H,20,21,22). The Morgan fingerprint density at radius 3 is 2.43 bits per heavy atom. The number of thiophene rings is 1. The highest BCUT2D eigenvalue weighted by Gasteiger charge is 2.05. The first-order valence-corrected chi connectivity index (χ1v) is 8.39. The Bertz CT molecular complexity index is 914. The van der Waals surface area contributed by atoms with E-state index >= 15 is 0 Å². The van der Waals surface area contributed by atoms with Crippen LogP contribution >= 0.6 is 11.3 Å². The van der Waals surface area contributed by atoms with Crippen LogP contribution in [0.3, 0.4) is 0 Å². The number of hydrogen-bond donors (Lipinski definition) is 1. The molecule has 0 unspecified atom stereocenters. The van der Waals surface area contributed by atoms with Crippen LogP contribution in [0.2, 0.25) is 0 Å². The van der Waals surface area contributed by atoms with Gasteiger partial charge in [-0.2, -0.15) is 0 Å². The molecule has 2 heterocycles. The van der Waals surface area contributed by atoms with E-state index in [1.54, 1.807) is 17.7 Å². The van der Waals surface area contributed by atoms with Gasteiger partial charge in [0.05, 0.1) is 10.9 Å². The molecular weight excluding hydrogens is 302 g/mol. The topological polar surface area (TPSA) is 37.8 Å². The summed E-state index contributed by atoms with van der Waals surface area (Å²) in [5.41, 5.74) is 4.63. The van der Waals surface area contributed by atoms with Gasteiger partial charge in [0, 0.05) is 16.4 Å². The lowest BCUT2D eigenvalue weighted by Gasteiger charge is -2.08. The first-order chi connectivity index (χ1) is 11.4. The maximum Gasteiger partial charge on any atom is 0.142 e. The van der Waals surface area contributed by atoms with Gasteiger partial charge in [-0.3, -0.25) is 0 Å². The molecule has 2 aromatic heterocycles. The number of anilines is 2. The van der Waals surface area contributed by atoms with Gasteiger partial charge in [-0.15, -0.1) is 11.3 Å². The molecule has 0 aliphatic carbocycles. The zero-order valence-electron chi connectivity index (χ0n) is 12.4. The summed E-state index contributed by atoms with van der Waals surface area (Å²) in [5.74, 6) is 0.854. The average molecular weight is 317 g/mol. The molecule has 0 radical (unpaired) electrons. The number of aromatic nitrogens is 2. The number of hydrogen-bond acceptors (Lipinski definition) is 4. The summed E-state index contributed by atoms with van der Waals surface area (Å²) in [6.45, 7) is 0. The van der Waals surface area contributed by atoms with Gasteiger partial charge in [-0.25, -0.2) is 9.97 Å². The summed E-state index contributed by atoms with van der Waals surface area (Å²) in [6, 6.07) is 19.0. The van der Waals surface area contributed by atoms with Crippen LogP contribution in [-0.2, 0) is 6.42 Å². The molecule has 0 amide bonds. The largest absolute Gasteiger partial charge is 0.340 e. The number of fused-ring (bicyclic) bond motifs is 1. The third kappa shape index (κ3) is 3.07. The van der Waals surface area contributed by atoms with Gasteiger partial charge in [-0.1, -0.05) is 42.5 Å². The first-order valence-electron chi connectivity index (χ1n) is 7.45. The Morgan fingerprint density at radius 1 is 0.826 bits per heavy atom. The Morgan fingerprint density at radius 2 is 1.61 bits per heavy atom. The third-order valence-corrected chi connectivity index (χ3v) is 4.48. The highest BCUT2D eigenvalue weighted by Crippen LogP contribution is 2.25. The lowest BCUT2D eigenvalue weighted by molar-refractivity contribution is 1.19. The highest BCUT2D eigenvalue weighted by molar-refractivity contribution is 7.09. The van der Waals surface area contributed by atoms with E-state index in [0.29, 0.717) is 0 Å². The Hall–Kier alpha value is -2.72. The Labute approximate surface area is 138 Å². The minimum absolute atomic E-state index is 0.854. The second-order valence-electron chi connectivity index (χ2n) is 5.38. The SMILES string of the molecule is c1ccc(Cc2ccc(Nc3ncnc4cscc34)cc2)cc1. The normalized spacial score (nSPS) is 10.8. The number of nitrogens with zero attached hydrogens (tertiary/aromatic N) is 2. The quantitative estimate of drug-likeness (QED) is 0.574. The van der Waals surface area contributed by atoms with Crippen molar-refractivity contribution in [1.29, 1.82) is 0 Å². The smallest absolute Gasteiger partial charge is 0.142 e. The Kier molecular flexibility index (Phi) is 3.74. The van der Waals surface area contributed by atoms with Crippen LogP contribution in [0.25, 0.3) is 10.9 Å². The minimum Gasteiger partial charge on any atom is -0.340 e. The Balaban J connectivity index is 1.53. The molecule has 0 saturated carbocycles. The lowest BCUT2D eigenvalue weighted by Crippen LogP contribution is -1.95. The average Bonchev–Trinajstić information content (AvgIpc) is 3.07. The fourth-order valence-electron chi connectivity index (χ4n) is 2.56. The summed E-state index contributed by atoms with van der Waals surface area (Å²) < 4.78 is 0. The van der Waals surface area contributed by atoms with Gasteiger partial charge >= 0.3 is 0 Å². The van der Waals surface area contributed by atoms with Crippen molar-refractivity contribution in [3.8, 4) is 0 Å². The molecule has 2 aromatic carbocycles. The molecule has 0 spiro atoms. The monoisotopic (exact) mass is 317 g/mol. The van der Waals surface area contributed by atoms with Gasteiger partial charge in [0.15, 0.2) is 0 Å². The predicted molar refractivity (Wildman–Crippen MR) is 96.4 cm³/mol. The van der Waals surface area contributed by atoms with E-state index < -0.39 is 0 Å². The molecule has 0 bridgehead atoms. The van der Waals surface area contributed by atoms with Crippen molar-refractivity contribution in [3.05, 3.63) is 82.8 Å². The van der Waals surface area contributed by atoms with Crippen molar-refractivity contribution in [3.63, 3.8) is 0 Å². The van der Waals surface area contributed by atoms with Crippen LogP contribution in [0, 0.1) is 0 Å². The number of nitrogens with one attached hydrogen (secondary N) is 1. The summed E-state index contributed by atoms with van der Waals surface area (Å²) in [5, 5.41) is 8.54. The van der Waals surface area contributed by atoms with Gasteiger partial charge < -0.3 is 5.32 Å².